The van der Waals surface area contributed by atoms with Gasteiger partial charge >= 0.3 is 0 Å². The van der Waals surface area contributed by atoms with Crippen molar-refractivity contribution in [1.29, 1.82) is 0 Å². The van der Waals surface area contributed by atoms with Crippen LogP contribution in [0.5, 0.6) is 5.75 Å². The summed E-state index contributed by atoms with van der Waals surface area (Å²) in [6.07, 6.45) is 6.13. The van der Waals surface area contributed by atoms with E-state index in [4.69, 9.17) is 4.74 Å². The zero-order valence-corrected chi connectivity index (χ0v) is 10.8. The molecule has 0 unspecified atom stereocenters. The van der Waals surface area contributed by atoms with Crippen molar-refractivity contribution in [3.63, 3.8) is 0 Å². The van der Waals surface area contributed by atoms with Gasteiger partial charge in [-0.25, -0.2) is 15.0 Å². The summed E-state index contributed by atoms with van der Waals surface area (Å²) in [5.74, 6) is 2.89. The van der Waals surface area contributed by atoms with E-state index in [1.54, 1.807) is 13.3 Å². The first kappa shape index (κ1) is 12.3. The number of aromatic nitrogens is 4. The molecule has 0 aliphatic carbocycles. The normalized spacial score (nSPS) is 10.4. The second kappa shape index (κ2) is 5.48. The number of hydrogen-bond donors (Lipinski definition) is 1. The first-order valence-electron chi connectivity index (χ1n) is 5.91. The number of nitrogens with zero attached hydrogens (tertiary/aromatic N) is 4. The van der Waals surface area contributed by atoms with Crippen LogP contribution in [0.4, 0.5) is 5.82 Å². The number of imidazole rings is 1. The van der Waals surface area contributed by atoms with Gasteiger partial charge in [0.05, 0.1) is 7.11 Å². The molecule has 0 radical (unpaired) electrons. The molecule has 6 heteroatoms. The topological polar surface area (TPSA) is 64.9 Å². The molecular weight excluding hydrogens is 230 g/mol. The van der Waals surface area contributed by atoms with Crippen molar-refractivity contribution in [3.05, 3.63) is 24.5 Å². The molecule has 96 valence electrons. The Balaban J connectivity index is 2.45. The summed E-state index contributed by atoms with van der Waals surface area (Å²) < 4.78 is 7.29. The van der Waals surface area contributed by atoms with E-state index in [1.165, 1.54) is 6.33 Å². The van der Waals surface area contributed by atoms with Gasteiger partial charge in [0.1, 0.15) is 12.2 Å². The minimum Gasteiger partial charge on any atom is -0.490 e. The summed E-state index contributed by atoms with van der Waals surface area (Å²) in [7, 11) is 1.62. The lowest BCUT2D eigenvalue weighted by molar-refractivity contribution is 0.410. The zero-order valence-electron chi connectivity index (χ0n) is 10.8. The Morgan fingerprint density at radius 2 is 2.17 bits per heavy atom. The lowest BCUT2D eigenvalue weighted by Gasteiger charge is -2.13. The molecule has 18 heavy (non-hydrogen) atoms. The molecule has 0 aromatic carbocycles. The minimum absolute atomic E-state index is 0.632. The third kappa shape index (κ3) is 2.27. The molecule has 2 aromatic heterocycles. The summed E-state index contributed by atoms with van der Waals surface area (Å²) >= 11 is 0. The zero-order chi connectivity index (χ0) is 13.0. The average Bonchev–Trinajstić information content (AvgIpc) is 2.81. The number of hydrogen-bond acceptors (Lipinski definition) is 5. The van der Waals surface area contributed by atoms with Crippen LogP contribution in [-0.2, 0) is 0 Å². The average molecular weight is 247 g/mol. The maximum absolute atomic E-state index is 5.42. The highest BCUT2D eigenvalue weighted by Crippen LogP contribution is 2.28. The number of rotatable bonds is 5. The molecule has 2 aromatic rings. The van der Waals surface area contributed by atoms with Crippen LogP contribution in [0.3, 0.4) is 0 Å². The fourth-order valence-corrected chi connectivity index (χ4v) is 1.70. The molecule has 2 rings (SSSR count). The standard InChI is InChI=1S/C12H17N5O/c1-4-5-14-11-10(18-3)12(16-8-15-11)17-7-6-13-9(17)2/h6-8H,4-5H2,1-3H3,(H,14,15,16). The minimum atomic E-state index is 0.632. The van der Waals surface area contributed by atoms with Crippen molar-refractivity contribution in [3.8, 4) is 11.6 Å². The monoisotopic (exact) mass is 247 g/mol. The van der Waals surface area contributed by atoms with Crippen molar-refractivity contribution < 1.29 is 4.74 Å². The van der Waals surface area contributed by atoms with Crippen LogP contribution in [0.2, 0.25) is 0 Å². The predicted octanol–water partition coefficient (Wildman–Crippen LogP) is 1.80. The van der Waals surface area contributed by atoms with Crippen molar-refractivity contribution in [1.82, 2.24) is 19.5 Å². The van der Waals surface area contributed by atoms with Gasteiger partial charge in [0.15, 0.2) is 11.6 Å². The molecule has 1 N–H and O–H groups in total. The Bertz CT molecular complexity index is 523. The molecule has 0 atom stereocenters. The van der Waals surface area contributed by atoms with Crippen LogP contribution in [-0.4, -0.2) is 33.2 Å². The highest BCUT2D eigenvalue weighted by Gasteiger charge is 2.14. The highest BCUT2D eigenvalue weighted by atomic mass is 16.5. The van der Waals surface area contributed by atoms with E-state index in [0.717, 1.165) is 18.8 Å². The first-order valence-corrected chi connectivity index (χ1v) is 5.91. The molecule has 0 aliphatic rings. The fraction of sp³-hybridized carbons (Fsp3) is 0.417. The van der Waals surface area contributed by atoms with Gasteiger partial charge in [0.2, 0.25) is 5.75 Å². The predicted molar refractivity (Wildman–Crippen MR) is 69.2 cm³/mol. The van der Waals surface area contributed by atoms with Gasteiger partial charge in [0.25, 0.3) is 0 Å². The SMILES string of the molecule is CCCNc1ncnc(-n2ccnc2C)c1OC. The highest BCUT2D eigenvalue weighted by molar-refractivity contribution is 5.58. The molecule has 6 nitrogen and oxygen atoms in total. The van der Waals surface area contributed by atoms with E-state index in [9.17, 15) is 0 Å². The third-order valence-corrected chi connectivity index (χ3v) is 2.59. The second-order valence-electron chi connectivity index (χ2n) is 3.85. The Labute approximate surface area is 106 Å². The lowest BCUT2D eigenvalue weighted by atomic mass is 10.4. The second-order valence-corrected chi connectivity index (χ2v) is 3.85. The number of anilines is 1. The van der Waals surface area contributed by atoms with E-state index in [2.05, 4.69) is 27.2 Å². The molecule has 0 saturated heterocycles. The maximum Gasteiger partial charge on any atom is 0.205 e. The first-order chi connectivity index (χ1) is 8.77. The summed E-state index contributed by atoms with van der Waals surface area (Å²) in [5, 5.41) is 3.23. The van der Waals surface area contributed by atoms with Gasteiger partial charge in [-0.2, -0.15) is 0 Å². The van der Waals surface area contributed by atoms with Gasteiger partial charge in [0, 0.05) is 18.9 Å². The molecule has 0 fully saturated rings. The van der Waals surface area contributed by atoms with Crippen LogP contribution in [0.1, 0.15) is 19.2 Å². The van der Waals surface area contributed by atoms with E-state index >= 15 is 0 Å². The summed E-state index contributed by atoms with van der Waals surface area (Å²) in [6.45, 7) is 4.86. The van der Waals surface area contributed by atoms with Crippen molar-refractivity contribution >= 4 is 5.82 Å². The van der Waals surface area contributed by atoms with E-state index in [0.29, 0.717) is 17.4 Å². The van der Waals surface area contributed by atoms with Gasteiger partial charge in [-0.1, -0.05) is 6.92 Å². The smallest absolute Gasteiger partial charge is 0.205 e. The molecule has 0 amide bonds. The van der Waals surface area contributed by atoms with Gasteiger partial charge in [-0.3, -0.25) is 4.57 Å². The van der Waals surface area contributed by atoms with Gasteiger partial charge in [-0.15, -0.1) is 0 Å². The third-order valence-electron chi connectivity index (χ3n) is 2.59. The van der Waals surface area contributed by atoms with E-state index in [1.807, 2.05) is 17.7 Å². The van der Waals surface area contributed by atoms with Crippen LogP contribution < -0.4 is 10.1 Å². The van der Waals surface area contributed by atoms with E-state index < -0.39 is 0 Å². The Kier molecular flexibility index (Phi) is 3.76. The Morgan fingerprint density at radius 3 is 2.78 bits per heavy atom. The lowest BCUT2D eigenvalue weighted by Crippen LogP contribution is -2.09. The molecule has 0 bridgehead atoms. The summed E-state index contributed by atoms with van der Waals surface area (Å²) in [6, 6.07) is 0. The number of nitrogens with one attached hydrogen (secondary N) is 1. The molecule has 2 heterocycles. The summed E-state index contributed by atoms with van der Waals surface area (Å²) in [5.41, 5.74) is 0. The van der Waals surface area contributed by atoms with Crippen molar-refractivity contribution in [2.75, 3.05) is 19.0 Å². The van der Waals surface area contributed by atoms with Crippen LogP contribution in [0, 0.1) is 6.92 Å². The molecule has 0 saturated carbocycles. The Morgan fingerprint density at radius 1 is 1.33 bits per heavy atom. The van der Waals surface area contributed by atoms with Crippen LogP contribution >= 0.6 is 0 Å². The maximum atomic E-state index is 5.42. The quantitative estimate of drug-likeness (QED) is 0.872. The van der Waals surface area contributed by atoms with Gasteiger partial charge in [-0.05, 0) is 13.3 Å². The van der Waals surface area contributed by atoms with Crippen LogP contribution in [0.15, 0.2) is 18.7 Å². The van der Waals surface area contributed by atoms with Crippen molar-refractivity contribution in [2.24, 2.45) is 0 Å². The summed E-state index contributed by atoms with van der Waals surface area (Å²) in [4.78, 5) is 12.7. The van der Waals surface area contributed by atoms with E-state index in [-0.39, 0.29) is 0 Å². The molecular formula is C12H17N5O. The largest absolute Gasteiger partial charge is 0.490 e. The Hall–Kier alpha value is -2.11. The number of ether oxygens (including phenoxy) is 1. The molecule has 0 spiro atoms. The fourth-order valence-electron chi connectivity index (χ4n) is 1.70. The molecule has 0 aliphatic heterocycles. The van der Waals surface area contributed by atoms with Crippen LogP contribution in [0.25, 0.3) is 5.82 Å². The number of aryl methyl sites for hydroxylation is 1. The van der Waals surface area contributed by atoms with Gasteiger partial charge < -0.3 is 10.1 Å². The van der Waals surface area contributed by atoms with Crippen molar-refractivity contribution in [2.45, 2.75) is 20.3 Å². The number of methoxy groups -OCH3 is 1.